The number of rotatable bonds is 4. The van der Waals surface area contributed by atoms with Crippen molar-refractivity contribution in [3.8, 4) is 0 Å². The van der Waals surface area contributed by atoms with Gasteiger partial charge < -0.3 is 10.2 Å². The molecule has 3 heterocycles. The molecule has 1 aliphatic heterocycles. The average molecular weight is 356 g/mol. The van der Waals surface area contributed by atoms with Gasteiger partial charge in [-0.15, -0.1) is 0 Å². The van der Waals surface area contributed by atoms with Gasteiger partial charge in [0.2, 0.25) is 5.91 Å². The van der Waals surface area contributed by atoms with Crippen molar-refractivity contribution in [2.75, 3.05) is 24.5 Å². The number of hydrogen-bond donors (Lipinski definition) is 1. The van der Waals surface area contributed by atoms with Gasteiger partial charge in [0.05, 0.1) is 0 Å². The minimum atomic E-state index is 0.129. The largest absolute Gasteiger partial charge is 0.356 e. The molecule has 0 unspecified atom stereocenters. The molecule has 1 aliphatic carbocycles. The first-order valence-electron chi connectivity index (χ1n) is 9.91. The summed E-state index contributed by atoms with van der Waals surface area (Å²) in [4.78, 5) is 23.4. The number of nitrogens with zero attached hydrogens (tertiary/aromatic N) is 5. The van der Waals surface area contributed by atoms with Gasteiger partial charge in [-0.05, 0) is 38.5 Å². The highest BCUT2D eigenvalue weighted by molar-refractivity contribution is 5.79. The average Bonchev–Trinajstić information content (AvgIpc) is 3.15. The monoisotopic (exact) mass is 356 g/mol. The Bertz CT molecular complexity index is 758. The van der Waals surface area contributed by atoms with Gasteiger partial charge in [0.15, 0.2) is 0 Å². The van der Waals surface area contributed by atoms with Crippen molar-refractivity contribution in [1.82, 2.24) is 24.9 Å². The number of amides is 1. The fourth-order valence-corrected chi connectivity index (χ4v) is 4.29. The van der Waals surface area contributed by atoms with E-state index in [4.69, 9.17) is 0 Å². The molecule has 140 valence electrons. The van der Waals surface area contributed by atoms with E-state index in [1.807, 2.05) is 13.0 Å². The number of aromatic nitrogens is 4. The maximum atomic E-state index is 12.5. The molecule has 1 saturated carbocycles. The lowest BCUT2D eigenvalue weighted by atomic mass is 9.89. The Morgan fingerprint density at radius 2 is 1.96 bits per heavy atom. The predicted molar refractivity (Wildman–Crippen MR) is 100 cm³/mol. The van der Waals surface area contributed by atoms with Gasteiger partial charge in [0.25, 0.3) is 5.78 Å². The lowest BCUT2D eigenvalue weighted by molar-refractivity contribution is -0.125. The highest BCUT2D eigenvalue weighted by Gasteiger charge is 2.27. The first kappa shape index (κ1) is 17.2. The third kappa shape index (κ3) is 3.66. The van der Waals surface area contributed by atoms with Crippen LogP contribution in [-0.4, -0.2) is 45.1 Å². The molecule has 0 aromatic carbocycles. The highest BCUT2D eigenvalue weighted by Crippen LogP contribution is 2.25. The quantitative estimate of drug-likeness (QED) is 0.910. The second-order valence-corrected chi connectivity index (χ2v) is 7.74. The Morgan fingerprint density at radius 3 is 2.73 bits per heavy atom. The van der Waals surface area contributed by atoms with Crippen LogP contribution in [0, 0.1) is 18.8 Å². The van der Waals surface area contributed by atoms with E-state index in [1.54, 1.807) is 4.52 Å². The molecule has 4 rings (SSSR count). The Morgan fingerprint density at radius 1 is 1.19 bits per heavy atom. The van der Waals surface area contributed by atoms with Crippen LogP contribution >= 0.6 is 0 Å². The zero-order valence-electron chi connectivity index (χ0n) is 15.5. The molecule has 0 spiro atoms. The fraction of sp³-hybridized carbons (Fsp3) is 0.684. The summed E-state index contributed by atoms with van der Waals surface area (Å²) in [5.41, 5.74) is 0.938. The number of aryl methyl sites for hydroxylation is 1. The zero-order valence-corrected chi connectivity index (χ0v) is 15.5. The maximum Gasteiger partial charge on any atom is 0.254 e. The SMILES string of the molecule is Cc1cc(N2CCC(C(=O)NCC3CCCCC3)CC2)n2ncnc2n1. The van der Waals surface area contributed by atoms with Gasteiger partial charge in [-0.25, -0.2) is 4.98 Å². The van der Waals surface area contributed by atoms with E-state index in [9.17, 15) is 4.79 Å². The number of nitrogens with one attached hydrogen (secondary N) is 1. The van der Waals surface area contributed by atoms with E-state index in [-0.39, 0.29) is 11.8 Å². The lowest BCUT2D eigenvalue weighted by Crippen LogP contribution is -2.42. The van der Waals surface area contributed by atoms with Crippen molar-refractivity contribution < 1.29 is 4.79 Å². The van der Waals surface area contributed by atoms with Crippen LogP contribution in [0.2, 0.25) is 0 Å². The van der Waals surface area contributed by atoms with Gasteiger partial charge >= 0.3 is 0 Å². The molecule has 0 radical (unpaired) electrons. The van der Waals surface area contributed by atoms with Crippen molar-refractivity contribution in [2.24, 2.45) is 11.8 Å². The van der Waals surface area contributed by atoms with E-state index in [0.29, 0.717) is 11.7 Å². The van der Waals surface area contributed by atoms with Crippen molar-refractivity contribution in [2.45, 2.75) is 51.9 Å². The Hall–Kier alpha value is -2.18. The van der Waals surface area contributed by atoms with Gasteiger partial charge in [-0.2, -0.15) is 14.6 Å². The standard InChI is InChI=1S/C19H28N6O/c1-14-11-17(25-19(23-14)21-13-22-25)24-9-7-16(8-10-24)18(26)20-12-15-5-3-2-4-6-15/h11,13,15-16H,2-10,12H2,1H3,(H,20,26). The van der Waals surface area contributed by atoms with E-state index in [0.717, 1.165) is 44.0 Å². The number of fused-ring (bicyclic) bond motifs is 1. The van der Waals surface area contributed by atoms with E-state index >= 15 is 0 Å². The van der Waals surface area contributed by atoms with Crippen LogP contribution in [0.4, 0.5) is 5.82 Å². The number of anilines is 1. The summed E-state index contributed by atoms with van der Waals surface area (Å²) < 4.78 is 1.79. The van der Waals surface area contributed by atoms with Crippen LogP contribution in [0.25, 0.3) is 5.78 Å². The third-order valence-corrected chi connectivity index (χ3v) is 5.84. The van der Waals surface area contributed by atoms with Crippen LogP contribution in [-0.2, 0) is 4.79 Å². The molecule has 2 aromatic heterocycles. The second-order valence-electron chi connectivity index (χ2n) is 7.74. The molecule has 1 N–H and O–H groups in total. The van der Waals surface area contributed by atoms with Gasteiger partial charge in [-0.3, -0.25) is 4.79 Å². The molecule has 0 bridgehead atoms. The molecule has 1 saturated heterocycles. The number of carbonyl (C=O) groups is 1. The number of hydrogen-bond acceptors (Lipinski definition) is 5. The van der Waals surface area contributed by atoms with Crippen LogP contribution < -0.4 is 10.2 Å². The molecule has 2 fully saturated rings. The van der Waals surface area contributed by atoms with Gasteiger partial charge in [0.1, 0.15) is 12.1 Å². The minimum Gasteiger partial charge on any atom is -0.356 e. The van der Waals surface area contributed by atoms with E-state index in [2.05, 4.69) is 25.3 Å². The zero-order chi connectivity index (χ0) is 17.9. The summed E-state index contributed by atoms with van der Waals surface area (Å²) in [5.74, 6) is 2.71. The van der Waals surface area contributed by atoms with Crippen molar-refractivity contribution in [1.29, 1.82) is 0 Å². The normalized spacial score (nSPS) is 19.8. The summed E-state index contributed by atoms with van der Waals surface area (Å²) in [6.07, 6.45) is 9.85. The topological polar surface area (TPSA) is 75.4 Å². The summed E-state index contributed by atoms with van der Waals surface area (Å²) in [6.45, 7) is 4.56. The van der Waals surface area contributed by atoms with Crippen molar-refractivity contribution >= 4 is 17.5 Å². The van der Waals surface area contributed by atoms with Crippen molar-refractivity contribution in [3.05, 3.63) is 18.1 Å². The summed E-state index contributed by atoms with van der Waals surface area (Å²) in [7, 11) is 0. The second kappa shape index (κ2) is 7.60. The maximum absolute atomic E-state index is 12.5. The predicted octanol–water partition coefficient (Wildman–Crippen LogP) is 2.35. The van der Waals surface area contributed by atoms with Crippen LogP contribution in [0.5, 0.6) is 0 Å². The lowest BCUT2D eigenvalue weighted by Gasteiger charge is -2.33. The fourth-order valence-electron chi connectivity index (χ4n) is 4.29. The van der Waals surface area contributed by atoms with Gasteiger partial charge in [0, 0.05) is 37.3 Å². The van der Waals surface area contributed by atoms with Gasteiger partial charge in [-0.1, -0.05) is 19.3 Å². The minimum absolute atomic E-state index is 0.129. The highest BCUT2D eigenvalue weighted by atomic mass is 16.1. The summed E-state index contributed by atoms with van der Waals surface area (Å²) >= 11 is 0. The molecule has 26 heavy (non-hydrogen) atoms. The summed E-state index contributed by atoms with van der Waals surface area (Å²) in [5, 5.41) is 7.51. The first-order chi connectivity index (χ1) is 12.7. The Balaban J connectivity index is 1.33. The first-order valence-corrected chi connectivity index (χ1v) is 9.91. The van der Waals surface area contributed by atoms with Crippen LogP contribution in [0.1, 0.15) is 50.6 Å². The van der Waals surface area contributed by atoms with Crippen LogP contribution in [0.3, 0.4) is 0 Å². The van der Waals surface area contributed by atoms with Crippen LogP contribution in [0.15, 0.2) is 12.4 Å². The molecule has 2 aliphatic rings. The third-order valence-electron chi connectivity index (χ3n) is 5.84. The molecular weight excluding hydrogens is 328 g/mol. The molecular formula is C19H28N6O. The molecule has 7 heteroatoms. The molecule has 0 atom stereocenters. The van der Waals surface area contributed by atoms with Crippen molar-refractivity contribution in [3.63, 3.8) is 0 Å². The smallest absolute Gasteiger partial charge is 0.254 e. The van der Waals surface area contributed by atoms with E-state index < -0.39 is 0 Å². The Labute approximate surface area is 154 Å². The number of carbonyl (C=O) groups excluding carboxylic acids is 1. The molecule has 7 nitrogen and oxygen atoms in total. The Kier molecular flexibility index (Phi) is 5.04. The molecule has 2 aromatic rings. The number of piperidine rings is 1. The summed E-state index contributed by atoms with van der Waals surface area (Å²) in [6, 6.07) is 2.05. The molecule has 1 amide bonds. The van der Waals surface area contributed by atoms with E-state index in [1.165, 1.54) is 38.4 Å².